The minimum absolute atomic E-state index is 0.162. The summed E-state index contributed by atoms with van der Waals surface area (Å²) in [7, 11) is 0. The number of aromatic amines is 1. The van der Waals surface area contributed by atoms with Crippen molar-refractivity contribution in [2.75, 3.05) is 12.5 Å². The molecule has 6 heteroatoms. The first-order valence-corrected chi connectivity index (χ1v) is 5.07. The zero-order chi connectivity index (χ0) is 11.8. The van der Waals surface area contributed by atoms with Crippen LogP contribution in [0.15, 0.2) is 18.2 Å². The molecule has 17 heavy (non-hydrogen) atoms. The number of halogens is 1. The van der Waals surface area contributed by atoms with Gasteiger partial charge in [-0.3, -0.25) is 5.10 Å². The summed E-state index contributed by atoms with van der Waals surface area (Å²) in [6.45, 7) is -0.430. The lowest BCUT2D eigenvalue weighted by molar-refractivity contribution is 0.174. The van der Waals surface area contributed by atoms with Gasteiger partial charge in [0.25, 0.3) is 0 Å². The van der Waals surface area contributed by atoms with E-state index in [4.69, 9.17) is 15.2 Å². The molecule has 0 spiro atoms. The standard InChI is InChI=1S/C11H10FN3O2/c12-4-6-1-9-10(17-5-16-9)2-7(6)8-3-11(13)15-14-8/h1-3H,4-5H2,(H3,13,14,15). The number of nitrogens with two attached hydrogens (primary N) is 1. The van der Waals surface area contributed by atoms with Crippen LogP contribution in [0, 0.1) is 0 Å². The van der Waals surface area contributed by atoms with Gasteiger partial charge in [-0.15, -0.1) is 0 Å². The van der Waals surface area contributed by atoms with Crippen molar-refractivity contribution in [3.05, 3.63) is 23.8 Å². The molecule has 0 saturated carbocycles. The minimum Gasteiger partial charge on any atom is -0.454 e. The predicted molar refractivity (Wildman–Crippen MR) is 59.4 cm³/mol. The summed E-state index contributed by atoms with van der Waals surface area (Å²) in [5.74, 6) is 1.53. The van der Waals surface area contributed by atoms with E-state index in [-0.39, 0.29) is 6.79 Å². The lowest BCUT2D eigenvalue weighted by Gasteiger charge is -2.06. The van der Waals surface area contributed by atoms with Crippen LogP contribution in [0.3, 0.4) is 0 Å². The van der Waals surface area contributed by atoms with Gasteiger partial charge in [-0.2, -0.15) is 5.10 Å². The van der Waals surface area contributed by atoms with Crippen molar-refractivity contribution in [2.45, 2.75) is 6.67 Å². The lowest BCUT2D eigenvalue weighted by atomic mass is 10.0. The molecule has 0 saturated heterocycles. The minimum atomic E-state index is -0.592. The Bertz CT molecular complexity index is 568. The quantitative estimate of drug-likeness (QED) is 0.833. The Balaban J connectivity index is 2.15. The monoisotopic (exact) mass is 235 g/mol. The van der Waals surface area contributed by atoms with Crippen molar-refractivity contribution in [2.24, 2.45) is 0 Å². The number of nitrogens with one attached hydrogen (secondary N) is 1. The third-order valence-corrected chi connectivity index (χ3v) is 2.63. The van der Waals surface area contributed by atoms with E-state index in [1.165, 1.54) is 0 Å². The first-order chi connectivity index (χ1) is 8.28. The molecule has 0 aliphatic carbocycles. The van der Waals surface area contributed by atoms with Gasteiger partial charge in [0.05, 0.1) is 5.69 Å². The molecule has 0 amide bonds. The maximum atomic E-state index is 13.0. The molecule has 1 aromatic heterocycles. The first-order valence-electron chi connectivity index (χ1n) is 5.07. The van der Waals surface area contributed by atoms with E-state index in [1.54, 1.807) is 18.2 Å². The van der Waals surface area contributed by atoms with E-state index in [2.05, 4.69) is 10.2 Å². The van der Waals surface area contributed by atoms with Crippen LogP contribution < -0.4 is 15.2 Å². The maximum Gasteiger partial charge on any atom is 0.231 e. The van der Waals surface area contributed by atoms with Crippen molar-refractivity contribution in [1.29, 1.82) is 0 Å². The smallest absolute Gasteiger partial charge is 0.231 e. The number of alkyl halides is 1. The molecule has 1 aliphatic rings. The third kappa shape index (κ3) is 1.57. The fraction of sp³-hybridized carbons (Fsp3) is 0.182. The Morgan fingerprint density at radius 3 is 2.71 bits per heavy atom. The highest BCUT2D eigenvalue weighted by Crippen LogP contribution is 2.38. The molecule has 1 aromatic carbocycles. The fourth-order valence-electron chi connectivity index (χ4n) is 1.82. The number of nitrogen functional groups attached to an aromatic ring is 1. The molecule has 0 fully saturated rings. The van der Waals surface area contributed by atoms with Crippen LogP contribution in [0.2, 0.25) is 0 Å². The van der Waals surface area contributed by atoms with Crippen molar-refractivity contribution in [3.63, 3.8) is 0 Å². The number of nitrogens with zero attached hydrogens (tertiary/aromatic N) is 1. The molecule has 0 radical (unpaired) electrons. The van der Waals surface area contributed by atoms with Crippen molar-refractivity contribution < 1.29 is 13.9 Å². The molecule has 3 rings (SSSR count). The van der Waals surface area contributed by atoms with E-state index >= 15 is 0 Å². The van der Waals surface area contributed by atoms with Gasteiger partial charge in [-0.05, 0) is 17.7 Å². The molecule has 5 nitrogen and oxygen atoms in total. The molecule has 88 valence electrons. The average molecular weight is 235 g/mol. The Hall–Kier alpha value is -2.24. The van der Waals surface area contributed by atoms with E-state index in [9.17, 15) is 4.39 Å². The summed E-state index contributed by atoms with van der Waals surface area (Å²) in [5.41, 5.74) is 7.38. The number of anilines is 1. The number of hydrogen-bond donors (Lipinski definition) is 2. The molecular formula is C11H10FN3O2. The first kappa shape index (κ1) is 9.95. The van der Waals surface area contributed by atoms with Crippen LogP contribution in [-0.2, 0) is 6.67 Å². The second-order valence-electron chi connectivity index (χ2n) is 3.70. The van der Waals surface area contributed by atoms with Gasteiger partial charge >= 0.3 is 0 Å². The number of rotatable bonds is 2. The van der Waals surface area contributed by atoms with Crippen LogP contribution in [0.25, 0.3) is 11.3 Å². The van der Waals surface area contributed by atoms with Crippen LogP contribution in [0.4, 0.5) is 10.2 Å². The highest BCUT2D eigenvalue weighted by Gasteiger charge is 2.18. The second-order valence-corrected chi connectivity index (χ2v) is 3.70. The second kappa shape index (κ2) is 3.65. The number of H-pyrrole nitrogens is 1. The van der Waals surface area contributed by atoms with Gasteiger partial charge in [0, 0.05) is 11.6 Å². The van der Waals surface area contributed by atoms with E-state index < -0.39 is 6.67 Å². The van der Waals surface area contributed by atoms with Gasteiger partial charge < -0.3 is 15.2 Å². The largest absolute Gasteiger partial charge is 0.454 e. The lowest BCUT2D eigenvalue weighted by Crippen LogP contribution is -1.92. The Labute approximate surface area is 96.3 Å². The van der Waals surface area contributed by atoms with Gasteiger partial charge in [0.2, 0.25) is 6.79 Å². The summed E-state index contributed by atoms with van der Waals surface area (Å²) >= 11 is 0. The molecule has 2 aromatic rings. The van der Waals surface area contributed by atoms with Gasteiger partial charge in [-0.25, -0.2) is 4.39 Å². The molecule has 0 atom stereocenters. The zero-order valence-electron chi connectivity index (χ0n) is 8.87. The fourth-order valence-corrected chi connectivity index (χ4v) is 1.82. The molecule has 1 aliphatic heterocycles. The molecule has 0 unspecified atom stereocenters. The number of hydrogen-bond acceptors (Lipinski definition) is 4. The summed E-state index contributed by atoms with van der Waals surface area (Å²) in [5, 5.41) is 6.57. The topological polar surface area (TPSA) is 73.2 Å². The Kier molecular flexibility index (Phi) is 2.14. The summed E-state index contributed by atoms with van der Waals surface area (Å²) in [6, 6.07) is 5.01. The normalized spacial score (nSPS) is 13.0. The van der Waals surface area contributed by atoms with Gasteiger partial charge in [0.1, 0.15) is 12.5 Å². The molecule has 3 N–H and O–H groups in total. The van der Waals surface area contributed by atoms with E-state index in [0.29, 0.717) is 34.1 Å². The van der Waals surface area contributed by atoms with Crippen LogP contribution in [0.5, 0.6) is 11.5 Å². The number of benzene rings is 1. The van der Waals surface area contributed by atoms with Crippen molar-refractivity contribution in [3.8, 4) is 22.8 Å². The SMILES string of the molecule is Nc1cc(-c2cc3c(cc2CF)OCO3)[nH]n1. The van der Waals surface area contributed by atoms with Crippen LogP contribution in [0.1, 0.15) is 5.56 Å². The Morgan fingerprint density at radius 2 is 2.06 bits per heavy atom. The Morgan fingerprint density at radius 1 is 1.29 bits per heavy atom. The highest BCUT2D eigenvalue weighted by atomic mass is 19.1. The number of ether oxygens (including phenoxy) is 2. The third-order valence-electron chi connectivity index (χ3n) is 2.63. The zero-order valence-corrected chi connectivity index (χ0v) is 8.87. The summed E-state index contributed by atoms with van der Waals surface area (Å²) in [6.07, 6.45) is 0. The summed E-state index contributed by atoms with van der Waals surface area (Å²) in [4.78, 5) is 0. The van der Waals surface area contributed by atoms with Crippen molar-refractivity contribution in [1.82, 2.24) is 10.2 Å². The summed E-state index contributed by atoms with van der Waals surface area (Å²) < 4.78 is 23.4. The van der Waals surface area contributed by atoms with Crippen LogP contribution >= 0.6 is 0 Å². The molecule has 0 bridgehead atoms. The van der Waals surface area contributed by atoms with Crippen molar-refractivity contribution >= 4 is 5.82 Å². The van der Waals surface area contributed by atoms with Gasteiger partial charge in [0.15, 0.2) is 11.5 Å². The van der Waals surface area contributed by atoms with Crippen LogP contribution in [-0.4, -0.2) is 17.0 Å². The molecule has 2 heterocycles. The number of fused-ring (bicyclic) bond motifs is 1. The maximum absolute atomic E-state index is 13.0. The van der Waals surface area contributed by atoms with E-state index in [1.807, 2.05) is 0 Å². The van der Waals surface area contributed by atoms with E-state index in [0.717, 1.165) is 0 Å². The highest BCUT2D eigenvalue weighted by molar-refractivity contribution is 5.70. The predicted octanol–water partition coefficient (Wildman–Crippen LogP) is 1.86. The molecular weight excluding hydrogens is 225 g/mol. The number of aromatic nitrogens is 2. The average Bonchev–Trinajstić information content (AvgIpc) is 2.94. The van der Waals surface area contributed by atoms with Gasteiger partial charge in [-0.1, -0.05) is 0 Å².